The number of benzene rings is 1. The fraction of sp³-hybridized carbons (Fsp3) is 0.273. The van der Waals surface area contributed by atoms with E-state index >= 15 is 0 Å². The van der Waals surface area contributed by atoms with E-state index in [1.807, 2.05) is 6.07 Å². The number of nitriles is 1. The van der Waals surface area contributed by atoms with Crippen LogP contribution >= 0.6 is 0 Å². The lowest BCUT2D eigenvalue weighted by atomic mass is 9.97. The van der Waals surface area contributed by atoms with Crippen molar-refractivity contribution in [3.05, 3.63) is 29.3 Å². The van der Waals surface area contributed by atoms with Gasteiger partial charge in [0.25, 0.3) is 0 Å². The van der Waals surface area contributed by atoms with Crippen LogP contribution in [0.4, 0.5) is 0 Å². The number of nitrogens with zero attached hydrogens (tertiary/aromatic N) is 1. The third kappa shape index (κ3) is 1.91. The van der Waals surface area contributed by atoms with Crippen LogP contribution in [0.15, 0.2) is 18.2 Å². The molecule has 0 aliphatic carbocycles. The molecule has 0 heterocycles. The first-order chi connectivity index (χ1) is 6.72. The highest BCUT2D eigenvalue weighted by molar-refractivity contribution is 5.64. The Labute approximate surface area is 82.9 Å². The van der Waals surface area contributed by atoms with Gasteiger partial charge in [-0.15, -0.1) is 0 Å². The Balaban J connectivity index is 3.22. The molecule has 72 valence electrons. The molecule has 0 amide bonds. The average Bonchev–Trinajstić information content (AvgIpc) is 2.27. The summed E-state index contributed by atoms with van der Waals surface area (Å²) in [5.74, 6) is 0.382. The molecule has 0 aliphatic rings. The summed E-state index contributed by atoms with van der Waals surface area (Å²) in [6.07, 6.45) is 0.815. The van der Waals surface area contributed by atoms with Gasteiger partial charge in [-0.2, -0.15) is 5.26 Å². The maximum absolute atomic E-state index is 10.6. The number of aldehydes is 1. The first-order valence-electron chi connectivity index (χ1n) is 4.26. The molecule has 1 aromatic carbocycles. The maximum atomic E-state index is 10.6. The highest BCUT2D eigenvalue weighted by atomic mass is 16.5. The molecule has 0 spiro atoms. The maximum Gasteiger partial charge on any atom is 0.127 e. The second-order valence-electron chi connectivity index (χ2n) is 2.99. The van der Waals surface area contributed by atoms with Gasteiger partial charge in [-0.25, -0.2) is 0 Å². The van der Waals surface area contributed by atoms with E-state index in [9.17, 15) is 4.79 Å². The van der Waals surface area contributed by atoms with Crippen LogP contribution in [0.5, 0.6) is 5.75 Å². The van der Waals surface area contributed by atoms with E-state index in [1.165, 1.54) is 0 Å². The molecule has 0 aromatic heterocycles. The van der Waals surface area contributed by atoms with Gasteiger partial charge in [0, 0.05) is 5.92 Å². The molecule has 1 atom stereocenters. The van der Waals surface area contributed by atoms with Crippen LogP contribution in [0, 0.1) is 11.3 Å². The van der Waals surface area contributed by atoms with Crippen molar-refractivity contribution in [1.82, 2.24) is 0 Å². The summed E-state index contributed by atoms with van der Waals surface area (Å²) in [4.78, 5) is 10.6. The van der Waals surface area contributed by atoms with E-state index in [4.69, 9.17) is 10.00 Å². The minimum Gasteiger partial charge on any atom is -0.497 e. The van der Waals surface area contributed by atoms with Crippen molar-refractivity contribution < 1.29 is 9.53 Å². The highest BCUT2D eigenvalue weighted by Gasteiger charge is 2.10. The third-order valence-electron chi connectivity index (χ3n) is 2.07. The van der Waals surface area contributed by atoms with Gasteiger partial charge in [0.05, 0.1) is 18.7 Å². The van der Waals surface area contributed by atoms with Gasteiger partial charge in [0.15, 0.2) is 0 Å². The van der Waals surface area contributed by atoms with Gasteiger partial charge in [-0.05, 0) is 23.8 Å². The predicted octanol–water partition coefficient (Wildman–Crippen LogP) is 1.87. The molecule has 1 rings (SSSR count). The van der Waals surface area contributed by atoms with E-state index in [2.05, 4.69) is 0 Å². The molecule has 0 radical (unpaired) electrons. The molecule has 0 fully saturated rings. The lowest BCUT2D eigenvalue weighted by Crippen LogP contribution is -1.98. The first-order valence-corrected chi connectivity index (χ1v) is 4.26. The minimum atomic E-state index is -0.278. The van der Waals surface area contributed by atoms with Crippen molar-refractivity contribution >= 4 is 6.29 Å². The van der Waals surface area contributed by atoms with Crippen molar-refractivity contribution in [3.8, 4) is 11.8 Å². The molecule has 0 saturated heterocycles. The normalized spacial score (nSPS) is 11.5. The molecule has 3 heteroatoms. The summed E-state index contributed by atoms with van der Waals surface area (Å²) in [6, 6.07) is 7.14. The van der Waals surface area contributed by atoms with E-state index in [1.54, 1.807) is 32.2 Å². The van der Waals surface area contributed by atoms with Crippen molar-refractivity contribution in [2.45, 2.75) is 12.8 Å². The highest BCUT2D eigenvalue weighted by Crippen LogP contribution is 2.23. The van der Waals surface area contributed by atoms with Crippen LogP contribution in [0.3, 0.4) is 0 Å². The van der Waals surface area contributed by atoms with Gasteiger partial charge in [0.1, 0.15) is 12.0 Å². The van der Waals surface area contributed by atoms with Crippen molar-refractivity contribution in [1.29, 1.82) is 5.26 Å². The number of ether oxygens (including phenoxy) is 1. The van der Waals surface area contributed by atoms with Crippen LogP contribution < -0.4 is 4.74 Å². The Hall–Kier alpha value is -1.82. The topological polar surface area (TPSA) is 50.1 Å². The number of hydrogen-bond acceptors (Lipinski definition) is 3. The third-order valence-corrected chi connectivity index (χ3v) is 2.07. The first kappa shape index (κ1) is 10.3. The summed E-state index contributed by atoms with van der Waals surface area (Å²) in [6.45, 7) is 1.75. The van der Waals surface area contributed by atoms with E-state index in [-0.39, 0.29) is 5.92 Å². The van der Waals surface area contributed by atoms with Crippen LogP contribution in [0.1, 0.15) is 24.0 Å². The molecule has 0 bridgehead atoms. The number of carbonyl (C=O) groups is 1. The summed E-state index contributed by atoms with van der Waals surface area (Å²) < 4.78 is 5.02. The molecule has 3 nitrogen and oxygen atoms in total. The number of methoxy groups -OCH3 is 1. The molecule has 14 heavy (non-hydrogen) atoms. The zero-order valence-corrected chi connectivity index (χ0v) is 8.15. The molecular weight excluding hydrogens is 178 g/mol. The van der Waals surface area contributed by atoms with Crippen molar-refractivity contribution in [2.24, 2.45) is 0 Å². The zero-order chi connectivity index (χ0) is 10.6. The average molecular weight is 189 g/mol. The Morgan fingerprint density at radius 3 is 2.79 bits per heavy atom. The minimum absolute atomic E-state index is 0.278. The fourth-order valence-corrected chi connectivity index (χ4v) is 1.22. The largest absolute Gasteiger partial charge is 0.497 e. The Morgan fingerprint density at radius 1 is 1.57 bits per heavy atom. The van der Waals surface area contributed by atoms with E-state index in [0.29, 0.717) is 16.9 Å². The van der Waals surface area contributed by atoms with Gasteiger partial charge in [-0.3, -0.25) is 0 Å². The predicted molar refractivity (Wildman–Crippen MR) is 52.2 cm³/mol. The van der Waals surface area contributed by atoms with Crippen LogP contribution in [-0.2, 0) is 4.79 Å². The Kier molecular flexibility index (Phi) is 3.24. The zero-order valence-electron chi connectivity index (χ0n) is 8.15. The number of rotatable bonds is 3. The summed E-state index contributed by atoms with van der Waals surface area (Å²) >= 11 is 0. The SMILES string of the molecule is COc1ccc(C#N)c(C(C)C=O)c1. The van der Waals surface area contributed by atoms with Crippen molar-refractivity contribution in [2.75, 3.05) is 7.11 Å². The second-order valence-corrected chi connectivity index (χ2v) is 2.99. The second kappa shape index (κ2) is 4.43. The molecule has 0 saturated carbocycles. The number of hydrogen-bond donors (Lipinski definition) is 0. The fourth-order valence-electron chi connectivity index (χ4n) is 1.22. The van der Waals surface area contributed by atoms with Crippen molar-refractivity contribution in [3.63, 3.8) is 0 Å². The Bertz CT molecular complexity index is 379. The van der Waals surface area contributed by atoms with Crippen LogP contribution in [-0.4, -0.2) is 13.4 Å². The Morgan fingerprint density at radius 2 is 2.29 bits per heavy atom. The van der Waals surface area contributed by atoms with Gasteiger partial charge in [-0.1, -0.05) is 6.92 Å². The van der Waals surface area contributed by atoms with E-state index in [0.717, 1.165) is 6.29 Å². The summed E-state index contributed by atoms with van der Waals surface area (Å²) in [7, 11) is 1.55. The standard InChI is InChI=1S/C11H11NO2/c1-8(7-13)11-5-10(14-2)4-3-9(11)6-12/h3-5,7-8H,1-2H3. The summed E-state index contributed by atoms with van der Waals surface area (Å²) in [5, 5.41) is 8.82. The van der Waals surface area contributed by atoms with Gasteiger partial charge in [0.2, 0.25) is 0 Å². The molecule has 1 aromatic rings. The van der Waals surface area contributed by atoms with Gasteiger partial charge < -0.3 is 9.53 Å². The van der Waals surface area contributed by atoms with Gasteiger partial charge >= 0.3 is 0 Å². The molecule has 1 unspecified atom stereocenters. The lowest BCUT2D eigenvalue weighted by molar-refractivity contribution is -0.108. The molecular formula is C11H11NO2. The quantitative estimate of drug-likeness (QED) is 0.682. The monoisotopic (exact) mass is 189 g/mol. The molecule has 0 aliphatic heterocycles. The van der Waals surface area contributed by atoms with Crippen LogP contribution in [0.25, 0.3) is 0 Å². The van der Waals surface area contributed by atoms with E-state index < -0.39 is 0 Å². The number of carbonyl (C=O) groups excluding carboxylic acids is 1. The lowest BCUT2D eigenvalue weighted by Gasteiger charge is -2.08. The summed E-state index contributed by atoms with van der Waals surface area (Å²) in [5.41, 5.74) is 1.23. The smallest absolute Gasteiger partial charge is 0.127 e. The molecule has 0 N–H and O–H groups in total. The van der Waals surface area contributed by atoms with Crippen LogP contribution in [0.2, 0.25) is 0 Å².